The van der Waals surface area contributed by atoms with Gasteiger partial charge in [0.2, 0.25) is 0 Å². The van der Waals surface area contributed by atoms with Crippen molar-refractivity contribution in [3.63, 3.8) is 0 Å². The Morgan fingerprint density at radius 2 is 2.10 bits per heavy atom. The van der Waals surface area contributed by atoms with Crippen LogP contribution < -0.4 is 0 Å². The van der Waals surface area contributed by atoms with E-state index in [2.05, 4.69) is 29.3 Å². The highest BCUT2D eigenvalue weighted by atomic mass is 16.5. The number of aliphatic imine (C=N–C) groups is 1. The molecule has 1 atom stereocenters. The van der Waals surface area contributed by atoms with Crippen molar-refractivity contribution in [2.75, 3.05) is 6.61 Å². The SMILES string of the molecule is C1=CC(C2COC=N2)C=C1. The molecule has 10 heavy (non-hydrogen) atoms. The summed E-state index contributed by atoms with van der Waals surface area (Å²) in [7, 11) is 0. The summed E-state index contributed by atoms with van der Waals surface area (Å²) in [5.74, 6) is 0.471. The maximum absolute atomic E-state index is 5.01. The monoisotopic (exact) mass is 135 g/mol. The van der Waals surface area contributed by atoms with Crippen LogP contribution in [0.2, 0.25) is 0 Å². The molecule has 1 aliphatic carbocycles. The first kappa shape index (κ1) is 5.71. The van der Waals surface area contributed by atoms with E-state index in [1.54, 1.807) is 6.40 Å². The standard InChI is InChI=1S/C8H9NO/c1-2-4-7(3-1)8-5-10-6-9-8/h1-4,6-8H,5H2. The van der Waals surface area contributed by atoms with Gasteiger partial charge in [0.05, 0.1) is 6.04 Å². The first-order chi connectivity index (χ1) is 4.97. The van der Waals surface area contributed by atoms with Crippen molar-refractivity contribution in [1.82, 2.24) is 0 Å². The molecule has 1 unspecified atom stereocenters. The summed E-state index contributed by atoms with van der Waals surface area (Å²) >= 11 is 0. The van der Waals surface area contributed by atoms with Crippen molar-refractivity contribution in [2.24, 2.45) is 10.9 Å². The van der Waals surface area contributed by atoms with Crippen molar-refractivity contribution < 1.29 is 4.74 Å². The summed E-state index contributed by atoms with van der Waals surface area (Å²) in [6, 6.07) is 0.329. The third kappa shape index (κ3) is 0.856. The molecule has 0 aromatic rings. The predicted molar refractivity (Wildman–Crippen MR) is 40.0 cm³/mol. The molecule has 2 nitrogen and oxygen atoms in total. The van der Waals surface area contributed by atoms with Gasteiger partial charge in [-0.2, -0.15) is 0 Å². The van der Waals surface area contributed by atoms with Crippen LogP contribution >= 0.6 is 0 Å². The molecule has 2 heteroatoms. The molecule has 0 amide bonds. The summed E-state index contributed by atoms with van der Waals surface area (Å²) in [5, 5.41) is 0. The minimum atomic E-state index is 0.329. The second-order valence-electron chi connectivity index (χ2n) is 2.50. The second-order valence-corrected chi connectivity index (χ2v) is 2.50. The summed E-state index contributed by atoms with van der Waals surface area (Å²) in [6.45, 7) is 0.735. The van der Waals surface area contributed by atoms with Gasteiger partial charge >= 0.3 is 0 Å². The lowest BCUT2D eigenvalue weighted by Crippen LogP contribution is -2.14. The Hall–Kier alpha value is -1.05. The van der Waals surface area contributed by atoms with Crippen molar-refractivity contribution in [1.29, 1.82) is 0 Å². The van der Waals surface area contributed by atoms with Gasteiger partial charge in [-0.05, 0) is 0 Å². The average Bonchev–Trinajstić information content (AvgIpc) is 2.59. The number of hydrogen-bond donors (Lipinski definition) is 0. The fourth-order valence-corrected chi connectivity index (χ4v) is 1.22. The van der Waals surface area contributed by atoms with E-state index < -0.39 is 0 Å². The lowest BCUT2D eigenvalue weighted by molar-refractivity contribution is 0.315. The molecule has 0 aromatic carbocycles. The zero-order valence-electron chi connectivity index (χ0n) is 5.60. The highest BCUT2D eigenvalue weighted by Gasteiger charge is 2.20. The lowest BCUT2D eigenvalue weighted by atomic mass is 10.0. The van der Waals surface area contributed by atoms with Crippen molar-refractivity contribution in [2.45, 2.75) is 6.04 Å². The number of ether oxygens (including phenoxy) is 1. The Labute approximate surface area is 59.9 Å². The number of hydrogen-bond acceptors (Lipinski definition) is 2. The van der Waals surface area contributed by atoms with Gasteiger partial charge in [-0.25, -0.2) is 0 Å². The fourth-order valence-electron chi connectivity index (χ4n) is 1.22. The van der Waals surface area contributed by atoms with Gasteiger partial charge < -0.3 is 4.74 Å². The van der Waals surface area contributed by atoms with E-state index in [1.165, 1.54) is 0 Å². The molecule has 0 N–H and O–H groups in total. The first-order valence-corrected chi connectivity index (χ1v) is 3.45. The molecule has 1 heterocycles. The quantitative estimate of drug-likeness (QED) is 0.528. The first-order valence-electron chi connectivity index (χ1n) is 3.45. The lowest BCUT2D eigenvalue weighted by Gasteiger charge is -2.08. The minimum absolute atomic E-state index is 0.329. The van der Waals surface area contributed by atoms with Crippen LogP contribution in [0.25, 0.3) is 0 Å². The van der Waals surface area contributed by atoms with Crippen LogP contribution in [-0.2, 0) is 4.74 Å². The fraction of sp³-hybridized carbons (Fsp3) is 0.375. The van der Waals surface area contributed by atoms with Crippen LogP contribution in [0.4, 0.5) is 0 Å². The van der Waals surface area contributed by atoms with Crippen molar-refractivity contribution >= 4 is 6.40 Å². The molecule has 2 rings (SSSR count). The normalized spacial score (nSPS) is 29.8. The van der Waals surface area contributed by atoms with Gasteiger partial charge in [0, 0.05) is 5.92 Å². The van der Waals surface area contributed by atoms with Gasteiger partial charge in [0.25, 0.3) is 0 Å². The van der Waals surface area contributed by atoms with Crippen molar-refractivity contribution in [3.8, 4) is 0 Å². The van der Waals surface area contributed by atoms with Crippen LogP contribution in [0, 0.1) is 5.92 Å². The highest BCUT2D eigenvalue weighted by molar-refractivity contribution is 5.49. The van der Waals surface area contributed by atoms with Gasteiger partial charge in [0.1, 0.15) is 6.61 Å². The third-order valence-electron chi connectivity index (χ3n) is 1.82. The molecule has 0 radical (unpaired) electrons. The molecule has 0 aromatic heterocycles. The van der Waals surface area contributed by atoms with Crippen LogP contribution in [-0.4, -0.2) is 19.0 Å². The summed E-state index contributed by atoms with van der Waals surface area (Å²) in [5.41, 5.74) is 0. The second kappa shape index (κ2) is 2.29. The van der Waals surface area contributed by atoms with Gasteiger partial charge in [0.15, 0.2) is 6.40 Å². The number of rotatable bonds is 1. The molecule has 1 aliphatic heterocycles. The van der Waals surface area contributed by atoms with Crippen LogP contribution in [0.5, 0.6) is 0 Å². The van der Waals surface area contributed by atoms with E-state index in [4.69, 9.17) is 4.74 Å². The molecule has 0 saturated heterocycles. The molecule has 0 fully saturated rings. The maximum atomic E-state index is 5.01. The number of nitrogens with zero attached hydrogens (tertiary/aromatic N) is 1. The van der Waals surface area contributed by atoms with Crippen molar-refractivity contribution in [3.05, 3.63) is 24.3 Å². The third-order valence-corrected chi connectivity index (χ3v) is 1.82. The van der Waals surface area contributed by atoms with E-state index in [1.807, 2.05) is 0 Å². The van der Waals surface area contributed by atoms with Crippen LogP contribution in [0.1, 0.15) is 0 Å². The molecular weight excluding hydrogens is 126 g/mol. The Bertz CT molecular complexity index is 193. The van der Waals surface area contributed by atoms with E-state index in [-0.39, 0.29) is 0 Å². The molecular formula is C8H9NO. The van der Waals surface area contributed by atoms with Crippen LogP contribution in [0.15, 0.2) is 29.3 Å². The Morgan fingerprint density at radius 3 is 2.70 bits per heavy atom. The van der Waals surface area contributed by atoms with Crippen LogP contribution in [0.3, 0.4) is 0 Å². The Kier molecular flexibility index (Phi) is 1.31. The van der Waals surface area contributed by atoms with Gasteiger partial charge in [-0.1, -0.05) is 24.3 Å². The largest absolute Gasteiger partial charge is 0.481 e. The molecule has 0 bridgehead atoms. The maximum Gasteiger partial charge on any atom is 0.169 e. The van der Waals surface area contributed by atoms with E-state index in [9.17, 15) is 0 Å². The van der Waals surface area contributed by atoms with Gasteiger partial charge in [-0.15, -0.1) is 0 Å². The van der Waals surface area contributed by atoms with E-state index >= 15 is 0 Å². The van der Waals surface area contributed by atoms with E-state index in [0.29, 0.717) is 12.0 Å². The smallest absolute Gasteiger partial charge is 0.169 e. The highest BCUT2D eigenvalue weighted by Crippen LogP contribution is 2.18. The summed E-state index contributed by atoms with van der Waals surface area (Å²) in [4.78, 5) is 4.17. The summed E-state index contributed by atoms with van der Waals surface area (Å²) < 4.78 is 5.01. The molecule has 0 spiro atoms. The zero-order valence-corrected chi connectivity index (χ0v) is 5.60. The van der Waals surface area contributed by atoms with Gasteiger partial charge in [-0.3, -0.25) is 4.99 Å². The molecule has 2 aliphatic rings. The zero-order chi connectivity index (χ0) is 6.81. The molecule has 0 saturated carbocycles. The minimum Gasteiger partial charge on any atom is -0.481 e. The summed E-state index contributed by atoms with van der Waals surface area (Å²) in [6.07, 6.45) is 9.95. The topological polar surface area (TPSA) is 21.6 Å². The predicted octanol–water partition coefficient (Wildman–Crippen LogP) is 1.16. The Balaban J connectivity index is 2.05. The average molecular weight is 135 g/mol. The van der Waals surface area contributed by atoms with E-state index in [0.717, 1.165) is 6.61 Å². The molecule has 52 valence electrons. The Morgan fingerprint density at radius 1 is 1.30 bits per heavy atom. The number of allylic oxidation sites excluding steroid dienone is 2.